The molecule has 1 heterocycles. The van der Waals surface area contributed by atoms with Crippen molar-refractivity contribution in [1.29, 1.82) is 0 Å². The van der Waals surface area contributed by atoms with Crippen molar-refractivity contribution < 1.29 is 14.4 Å². The number of hydrogen-bond acceptors (Lipinski definition) is 2. The summed E-state index contributed by atoms with van der Waals surface area (Å²) in [6.07, 6.45) is 0.882. The smallest absolute Gasteiger partial charge is 0.281 e. The zero-order valence-corrected chi connectivity index (χ0v) is 13.7. The summed E-state index contributed by atoms with van der Waals surface area (Å²) in [5.74, 6) is 1.82. The van der Waals surface area contributed by atoms with E-state index in [1.54, 1.807) is 0 Å². The van der Waals surface area contributed by atoms with Crippen molar-refractivity contribution in [3.63, 3.8) is 0 Å². The number of para-hydroxylation sites is 3. The third-order valence-corrected chi connectivity index (χ3v) is 4.13. The van der Waals surface area contributed by atoms with Gasteiger partial charge in [0.05, 0.1) is 13.2 Å². The Morgan fingerprint density at radius 2 is 1.78 bits per heavy atom. The largest absolute Gasteiger partial charge is 0.493 e. The normalized spacial score (nSPS) is 11.1. The summed E-state index contributed by atoms with van der Waals surface area (Å²) in [6, 6.07) is 14.3. The second-order valence-electron chi connectivity index (χ2n) is 5.82. The Kier molecular flexibility index (Phi) is 4.63. The average Bonchev–Trinajstić information content (AvgIpc) is 2.91. The SMILES string of the molecule is Cc1cccc(C)c1OCCC[n+]1c(CO)[nH]c2ccccc21. The number of nitrogens with one attached hydrogen (secondary N) is 1. The van der Waals surface area contributed by atoms with Gasteiger partial charge in [-0.1, -0.05) is 30.3 Å². The Bertz CT molecular complexity index is 788. The van der Waals surface area contributed by atoms with E-state index in [2.05, 4.69) is 41.6 Å². The molecule has 0 fully saturated rings. The van der Waals surface area contributed by atoms with E-state index >= 15 is 0 Å². The third-order valence-electron chi connectivity index (χ3n) is 4.13. The van der Waals surface area contributed by atoms with Gasteiger partial charge >= 0.3 is 0 Å². The summed E-state index contributed by atoms with van der Waals surface area (Å²) in [7, 11) is 0. The van der Waals surface area contributed by atoms with E-state index < -0.39 is 0 Å². The molecule has 0 atom stereocenters. The molecule has 0 unspecified atom stereocenters. The number of ether oxygens (including phenoxy) is 1. The molecule has 1 aromatic heterocycles. The van der Waals surface area contributed by atoms with Crippen molar-refractivity contribution in [2.45, 2.75) is 33.4 Å². The average molecular weight is 311 g/mol. The van der Waals surface area contributed by atoms with Gasteiger partial charge in [-0.3, -0.25) is 0 Å². The van der Waals surface area contributed by atoms with E-state index in [4.69, 9.17) is 4.74 Å². The van der Waals surface area contributed by atoms with Crippen LogP contribution in [-0.2, 0) is 13.2 Å². The summed E-state index contributed by atoms with van der Waals surface area (Å²) >= 11 is 0. The number of benzene rings is 2. The zero-order chi connectivity index (χ0) is 16.2. The molecule has 0 saturated heterocycles. The highest BCUT2D eigenvalue weighted by molar-refractivity contribution is 5.70. The van der Waals surface area contributed by atoms with Gasteiger partial charge in [0.25, 0.3) is 5.82 Å². The number of rotatable bonds is 6. The molecular weight excluding hydrogens is 288 g/mol. The Morgan fingerprint density at radius 3 is 2.52 bits per heavy atom. The second-order valence-corrected chi connectivity index (χ2v) is 5.82. The first-order valence-corrected chi connectivity index (χ1v) is 8.00. The molecule has 3 rings (SSSR count). The van der Waals surface area contributed by atoms with Gasteiger partial charge in [-0.25, -0.2) is 9.55 Å². The van der Waals surface area contributed by atoms with Gasteiger partial charge in [-0.2, -0.15) is 0 Å². The fraction of sp³-hybridized carbons (Fsp3) is 0.316. The summed E-state index contributed by atoms with van der Waals surface area (Å²) < 4.78 is 8.09. The number of aliphatic hydroxyl groups is 1. The quantitative estimate of drug-likeness (QED) is 0.543. The summed E-state index contributed by atoms with van der Waals surface area (Å²) in [5, 5.41) is 9.54. The molecule has 0 bridgehead atoms. The van der Waals surface area contributed by atoms with Crippen LogP contribution in [0.2, 0.25) is 0 Å². The molecule has 23 heavy (non-hydrogen) atoms. The van der Waals surface area contributed by atoms with Crippen LogP contribution < -0.4 is 9.30 Å². The Balaban J connectivity index is 1.67. The van der Waals surface area contributed by atoms with Crippen molar-refractivity contribution in [1.82, 2.24) is 4.98 Å². The van der Waals surface area contributed by atoms with Crippen LogP contribution in [0.5, 0.6) is 5.75 Å². The highest BCUT2D eigenvalue weighted by atomic mass is 16.5. The van der Waals surface area contributed by atoms with Crippen molar-refractivity contribution in [2.24, 2.45) is 0 Å². The molecule has 2 N–H and O–H groups in total. The molecule has 0 aliphatic carbocycles. The minimum absolute atomic E-state index is 0.00639. The van der Waals surface area contributed by atoms with Crippen LogP contribution in [0.3, 0.4) is 0 Å². The van der Waals surface area contributed by atoms with E-state index in [1.807, 2.05) is 24.3 Å². The van der Waals surface area contributed by atoms with Crippen LogP contribution in [0.25, 0.3) is 11.0 Å². The van der Waals surface area contributed by atoms with Crippen molar-refractivity contribution in [2.75, 3.05) is 6.61 Å². The lowest BCUT2D eigenvalue weighted by Crippen LogP contribution is -2.37. The maximum atomic E-state index is 9.54. The van der Waals surface area contributed by atoms with Gasteiger partial charge in [-0.05, 0) is 37.1 Å². The van der Waals surface area contributed by atoms with Crippen LogP contribution in [0.4, 0.5) is 0 Å². The highest BCUT2D eigenvalue weighted by Gasteiger charge is 2.16. The lowest BCUT2D eigenvalue weighted by Gasteiger charge is -2.11. The molecule has 0 radical (unpaired) electrons. The van der Waals surface area contributed by atoms with Crippen molar-refractivity contribution in [3.05, 3.63) is 59.4 Å². The monoisotopic (exact) mass is 311 g/mol. The predicted molar refractivity (Wildman–Crippen MR) is 90.4 cm³/mol. The molecule has 0 aliphatic heterocycles. The van der Waals surface area contributed by atoms with Crippen molar-refractivity contribution >= 4 is 11.0 Å². The number of aliphatic hydroxyl groups excluding tert-OH is 1. The second kappa shape index (κ2) is 6.84. The Hall–Kier alpha value is -2.33. The number of fused-ring (bicyclic) bond motifs is 1. The van der Waals surface area contributed by atoms with E-state index in [0.717, 1.165) is 35.6 Å². The fourth-order valence-electron chi connectivity index (χ4n) is 2.99. The van der Waals surface area contributed by atoms with Crippen molar-refractivity contribution in [3.8, 4) is 5.75 Å². The highest BCUT2D eigenvalue weighted by Crippen LogP contribution is 2.22. The van der Waals surface area contributed by atoms with Crippen LogP contribution in [-0.4, -0.2) is 16.7 Å². The maximum Gasteiger partial charge on any atom is 0.281 e. The van der Waals surface area contributed by atoms with Gasteiger partial charge in [0.1, 0.15) is 12.4 Å². The van der Waals surface area contributed by atoms with Gasteiger partial charge < -0.3 is 9.84 Å². The number of hydrogen-bond donors (Lipinski definition) is 2. The van der Waals surface area contributed by atoms with Crippen LogP contribution >= 0.6 is 0 Å². The van der Waals surface area contributed by atoms with Gasteiger partial charge in [0.2, 0.25) is 0 Å². The van der Waals surface area contributed by atoms with E-state index in [-0.39, 0.29) is 6.61 Å². The maximum absolute atomic E-state index is 9.54. The molecule has 4 nitrogen and oxygen atoms in total. The molecule has 0 aliphatic rings. The lowest BCUT2D eigenvalue weighted by molar-refractivity contribution is -0.681. The first-order chi connectivity index (χ1) is 11.2. The summed E-state index contributed by atoms with van der Waals surface area (Å²) in [4.78, 5) is 3.26. The number of aromatic amines is 1. The summed E-state index contributed by atoms with van der Waals surface area (Å²) in [5.41, 5.74) is 4.50. The number of imidazole rings is 1. The summed E-state index contributed by atoms with van der Waals surface area (Å²) in [6.45, 7) is 5.61. The Morgan fingerprint density at radius 1 is 1.04 bits per heavy atom. The molecule has 0 amide bonds. The van der Waals surface area contributed by atoms with Gasteiger partial charge in [-0.15, -0.1) is 0 Å². The molecule has 2 aromatic carbocycles. The molecule has 120 valence electrons. The molecule has 3 aromatic rings. The Labute approximate surface area is 136 Å². The molecule has 0 saturated carbocycles. The molecule has 0 spiro atoms. The van der Waals surface area contributed by atoms with E-state index in [9.17, 15) is 5.11 Å². The first-order valence-electron chi connectivity index (χ1n) is 8.00. The lowest BCUT2D eigenvalue weighted by atomic mass is 10.1. The predicted octanol–water partition coefficient (Wildman–Crippen LogP) is 3.03. The minimum Gasteiger partial charge on any atom is -0.493 e. The number of aryl methyl sites for hydroxylation is 3. The standard InChI is InChI=1S/C19H22N2O2/c1-14-7-5-8-15(2)19(14)23-12-6-11-21-17-10-4-3-9-16(17)20-18(21)13-22/h3-5,7-10,22H,6,11-13H2,1-2H3/p+1. The first kappa shape index (κ1) is 15.6. The zero-order valence-electron chi connectivity index (χ0n) is 13.7. The molecular formula is C19H23N2O2+. The number of aromatic nitrogens is 2. The van der Waals surface area contributed by atoms with Crippen LogP contribution in [0.1, 0.15) is 23.4 Å². The number of H-pyrrole nitrogens is 1. The third kappa shape index (κ3) is 3.22. The van der Waals surface area contributed by atoms with E-state index in [0.29, 0.717) is 6.61 Å². The van der Waals surface area contributed by atoms with Gasteiger partial charge in [0, 0.05) is 6.42 Å². The van der Waals surface area contributed by atoms with E-state index in [1.165, 1.54) is 11.1 Å². The van der Waals surface area contributed by atoms with Crippen LogP contribution in [0, 0.1) is 13.8 Å². The minimum atomic E-state index is 0.00639. The topological polar surface area (TPSA) is 49.1 Å². The molecule has 4 heteroatoms. The number of nitrogens with zero attached hydrogens (tertiary/aromatic N) is 1. The van der Waals surface area contributed by atoms with Gasteiger partial charge in [0.15, 0.2) is 11.0 Å². The van der Waals surface area contributed by atoms with Crippen LogP contribution in [0.15, 0.2) is 42.5 Å². The fourth-order valence-corrected chi connectivity index (χ4v) is 2.99.